The number of carbonyl (C=O) groups is 1. The van der Waals surface area contributed by atoms with Gasteiger partial charge in [-0.1, -0.05) is 12.1 Å². The number of hydrogen-bond donors (Lipinski definition) is 2. The van der Waals surface area contributed by atoms with E-state index >= 15 is 0 Å². The van der Waals surface area contributed by atoms with Crippen LogP contribution >= 0.6 is 11.8 Å². The Morgan fingerprint density at radius 2 is 1.94 bits per heavy atom. The molecule has 1 fully saturated rings. The molecule has 180 valence electrons. The van der Waals surface area contributed by atoms with Crippen LogP contribution in [0.3, 0.4) is 0 Å². The van der Waals surface area contributed by atoms with Crippen molar-refractivity contribution in [2.24, 2.45) is 4.99 Å². The van der Waals surface area contributed by atoms with Crippen molar-refractivity contribution < 1.29 is 9.53 Å². The molecule has 1 saturated carbocycles. The van der Waals surface area contributed by atoms with Gasteiger partial charge in [-0.05, 0) is 80.1 Å². The summed E-state index contributed by atoms with van der Waals surface area (Å²) in [5, 5.41) is 3.01. The third-order valence-corrected chi connectivity index (χ3v) is 7.10. The van der Waals surface area contributed by atoms with Gasteiger partial charge in [-0.25, -0.2) is 0 Å². The van der Waals surface area contributed by atoms with Crippen molar-refractivity contribution in [2.75, 3.05) is 30.0 Å². The van der Waals surface area contributed by atoms with Gasteiger partial charge in [-0.3, -0.25) is 9.79 Å². The fraction of sp³-hybridized carbons (Fsp3) is 0.286. The number of benzene rings is 3. The van der Waals surface area contributed by atoms with Crippen LogP contribution in [0.4, 0.5) is 17.1 Å². The molecule has 0 atom stereocenters. The molecule has 7 heteroatoms. The summed E-state index contributed by atoms with van der Waals surface area (Å²) in [6, 6.07) is 20.4. The van der Waals surface area contributed by atoms with E-state index in [1.165, 1.54) is 4.90 Å². The first-order valence-corrected chi connectivity index (χ1v) is 13.1. The van der Waals surface area contributed by atoms with E-state index in [4.69, 9.17) is 15.5 Å². The molecule has 6 nitrogen and oxygen atoms in total. The molecule has 1 amide bonds. The van der Waals surface area contributed by atoms with Crippen molar-refractivity contribution >= 4 is 40.4 Å². The number of fused-ring (bicyclic) bond motifs is 1. The molecule has 0 unspecified atom stereocenters. The van der Waals surface area contributed by atoms with Crippen LogP contribution in [0.15, 0.2) is 70.6 Å². The van der Waals surface area contributed by atoms with E-state index in [1.807, 2.05) is 55.6 Å². The Balaban J connectivity index is 1.33. The van der Waals surface area contributed by atoms with Crippen LogP contribution in [0.25, 0.3) is 0 Å². The fourth-order valence-corrected chi connectivity index (χ4v) is 4.64. The highest BCUT2D eigenvalue weighted by Gasteiger charge is 2.23. The van der Waals surface area contributed by atoms with E-state index in [-0.39, 0.29) is 5.91 Å². The minimum absolute atomic E-state index is 0.121. The van der Waals surface area contributed by atoms with Gasteiger partial charge in [0.1, 0.15) is 12.4 Å². The summed E-state index contributed by atoms with van der Waals surface area (Å²) in [4.78, 5) is 21.0. The van der Waals surface area contributed by atoms with Crippen LogP contribution in [-0.4, -0.2) is 37.1 Å². The summed E-state index contributed by atoms with van der Waals surface area (Å²) in [5.74, 6) is 0.583. The molecule has 0 saturated heterocycles. The van der Waals surface area contributed by atoms with Crippen molar-refractivity contribution in [3.63, 3.8) is 0 Å². The van der Waals surface area contributed by atoms with Crippen molar-refractivity contribution in [3.05, 3.63) is 77.4 Å². The molecule has 3 aromatic carbocycles. The van der Waals surface area contributed by atoms with E-state index in [1.54, 1.807) is 11.8 Å². The van der Waals surface area contributed by atoms with Crippen molar-refractivity contribution in [1.29, 1.82) is 0 Å². The average Bonchev–Trinajstić information content (AvgIpc) is 3.71. The summed E-state index contributed by atoms with van der Waals surface area (Å²) in [6.45, 7) is 3.76. The van der Waals surface area contributed by atoms with Gasteiger partial charge in [0.15, 0.2) is 0 Å². The second-order valence-corrected chi connectivity index (χ2v) is 9.81. The first kappa shape index (κ1) is 23.3. The molecule has 0 bridgehead atoms. The molecule has 35 heavy (non-hydrogen) atoms. The van der Waals surface area contributed by atoms with Crippen LogP contribution in [0, 0.1) is 0 Å². The van der Waals surface area contributed by atoms with Crippen LogP contribution in [0.1, 0.15) is 41.3 Å². The molecule has 1 aliphatic carbocycles. The third-order valence-electron chi connectivity index (χ3n) is 6.36. The highest BCUT2D eigenvalue weighted by atomic mass is 32.2. The molecular weight excluding hydrogens is 456 g/mol. The minimum Gasteiger partial charge on any atom is -0.490 e. The lowest BCUT2D eigenvalue weighted by atomic mass is 10.1. The molecule has 5 rings (SSSR count). The molecule has 0 aromatic heterocycles. The maximum absolute atomic E-state index is 12.8. The van der Waals surface area contributed by atoms with Gasteiger partial charge in [-0.2, -0.15) is 0 Å². The van der Waals surface area contributed by atoms with Crippen molar-refractivity contribution in [1.82, 2.24) is 5.32 Å². The molecule has 1 aliphatic heterocycles. The number of anilines is 3. The fourth-order valence-electron chi connectivity index (χ4n) is 4.23. The molecule has 0 spiro atoms. The number of aliphatic imine (C=N–C) groups is 1. The monoisotopic (exact) mass is 486 g/mol. The summed E-state index contributed by atoms with van der Waals surface area (Å²) in [6.07, 6.45) is 4.37. The van der Waals surface area contributed by atoms with Gasteiger partial charge >= 0.3 is 0 Å². The molecule has 0 radical (unpaired) electrons. The van der Waals surface area contributed by atoms with E-state index in [2.05, 4.69) is 28.4 Å². The largest absolute Gasteiger partial charge is 0.490 e. The zero-order chi connectivity index (χ0) is 24.4. The Bertz CT molecular complexity index is 1270. The smallest absolute Gasteiger partial charge is 0.251 e. The quantitative estimate of drug-likeness (QED) is 0.265. The van der Waals surface area contributed by atoms with Crippen molar-refractivity contribution in [2.45, 2.75) is 37.2 Å². The molecular formula is C28H30N4O2S. The normalized spacial score (nSPS) is 15.4. The summed E-state index contributed by atoms with van der Waals surface area (Å²) in [7, 11) is 0. The van der Waals surface area contributed by atoms with Crippen molar-refractivity contribution in [3.8, 4) is 5.75 Å². The maximum Gasteiger partial charge on any atom is 0.251 e. The van der Waals surface area contributed by atoms with E-state index in [9.17, 15) is 4.79 Å². The topological polar surface area (TPSA) is 80.0 Å². The summed E-state index contributed by atoms with van der Waals surface area (Å²) < 4.78 is 5.94. The zero-order valence-corrected chi connectivity index (χ0v) is 20.9. The van der Waals surface area contributed by atoms with Gasteiger partial charge in [-0.15, -0.1) is 11.8 Å². The summed E-state index contributed by atoms with van der Waals surface area (Å²) >= 11 is 1.70. The lowest BCUT2D eigenvalue weighted by Crippen LogP contribution is -2.29. The Morgan fingerprint density at radius 1 is 1.14 bits per heavy atom. The number of ether oxygens (including phenoxy) is 1. The van der Waals surface area contributed by atoms with Gasteiger partial charge in [0.05, 0.1) is 18.3 Å². The Kier molecular flexibility index (Phi) is 6.68. The number of nitrogen functional groups attached to an aromatic ring is 1. The number of amides is 1. The predicted molar refractivity (Wildman–Crippen MR) is 144 cm³/mol. The number of rotatable bonds is 7. The van der Waals surface area contributed by atoms with Crippen LogP contribution < -0.4 is 20.7 Å². The lowest BCUT2D eigenvalue weighted by molar-refractivity contribution is 0.0950. The number of thioether (sulfide) groups is 1. The summed E-state index contributed by atoms with van der Waals surface area (Å²) in [5.41, 5.74) is 12.6. The second-order valence-electron chi connectivity index (χ2n) is 8.93. The zero-order valence-electron chi connectivity index (χ0n) is 20.1. The first-order chi connectivity index (χ1) is 17.0. The number of nitrogens with zero attached hydrogens (tertiary/aromatic N) is 2. The van der Waals surface area contributed by atoms with Crippen LogP contribution in [0.2, 0.25) is 0 Å². The number of nitrogens with one attached hydrogen (secondary N) is 1. The predicted octanol–water partition coefficient (Wildman–Crippen LogP) is 5.42. The Hall–Kier alpha value is -3.45. The SMILES string of the molecule is CSc1ccc(CNC(=O)c2ccc3c(c2)OCCN3c2ccc(N)c(C(C)=NC3CC3)c2)cc1. The Morgan fingerprint density at radius 3 is 2.69 bits per heavy atom. The van der Waals surface area contributed by atoms with Gasteiger partial charge in [0.2, 0.25) is 0 Å². The van der Waals surface area contributed by atoms with Gasteiger partial charge in [0, 0.05) is 39.7 Å². The number of hydrogen-bond acceptors (Lipinski definition) is 6. The molecule has 2 aliphatic rings. The minimum atomic E-state index is -0.121. The van der Waals surface area contributed by atoms with Gasteiger partial charge < -0.3 is 20.7 Å². The first-order valence-electron chi connectivity index (χ1n) is 11.9. The number of carbonyl (C=O) groups excluding carboxylic acids is 1. The maximum atomic E-state index is 12.8. The average molecular weight is 487 g/mol. The highest BCUT2D eigenvalue weighted by Crippen LogP contribution is 2.38. The van der Waals surface area contributed by atoms with E-state index < -0.39 is 0 Å². The van der Waals surface area contributed by atoms with E-state index in [0.717, 1.165) is 46.7 Å². The standard InChI is InChI=1S/C28H30N4O2S/c1-18(31-21-6-7-21)24-16-22(8-11-25(24)29)32-13-14-34-27-15-20(5-12-26(27)32)28(33)30-17-19-3-9-23(35-2)10-4-19/h3-5,8-12,15-16,21H,6-7,13-14,17,29H2,1-2H3,(H,30,33). The molecule has 3 N–H and O–H groups in total. The Labute approximate surface area is 210 Å². The second kappa shape index (κ2) is 10.0. The van der Waals surface area contributed by atoms with Gasteiger partial charge in [0.25, 0.3) is 5.91 Å². The number of nitrogens with two attached hydrogens (primary N) is 1. The lowest BCUT2D eigenvalue weighted by Gasteiger charge is -2.32. The molecule has 1 heterocycles. The van der Waals surface area contributed by atoms with E-state index in [0.29, 0.717) is 37.1 Å². The van der Waals surface area contributed by atoms with Crippen LogP contribution in [0.5, 0.6) is 5.75 Å². The van der Waals surface area contributed by atoms with Crippen LogP contribution in [-0.2, 0) is 6.54 Å². The highest BCUT2D eigenvalue weighted by molar-refractivity contribution is 7.98. The third kappa shape index (κ3) is 5.30. The molecule has 3 aromatic rings.